The second-order valence-electron chi connectivity index (χ2n) is 3.67. The number of nitriles is 1. The third-order valence-electron chi connectivity index (χ3n) is 2.36. The summed E-state index contributed by atoms with van der Waals surface area (Å²) in [7, 11) is 1.74. The monoisotopic (exact) mass is 318 g/mol. The molecule has 4 N–H and O–H groups in total. The maximum absolute atomic E-state index is 9.07. The number of nitrogens with two attached hydrogens (primary N) is 1. The molecule has 96 valence electrons. The molecule has 0 atom stereocenters. The molecule has 0 bridgehead atoms. The molecule has 0 unspecified atom stereocenters. The average molecular weight is 319 g/mol. The number of aromatic nitrogens is 2. The Morgan fingerprint density at radius 3 is 2.68 bits per heavy atom. The molecule has 6 nitrogen and oxygen atoms in total. The van der Waals surface area contributed by atoms with E-state index in [4.69, 9.17) is 11.0 Å². The summed E-state index contributed by atoms with van der Waals surface area (Å²) >= 11 is 3.36. The highest BCUT2D eigenvalue weighted by molar-refractivity contribution is 9.10. The molecule has 0 radical (unpaired) electrons. The summed E-state index contributed by atoms with van der Waals surface area (Å²) in [4.78, 5) is 8.07. The lowest BCUT2D eigenvalue weighted by molar-refractivity contribution is 1.17. The van der Waals surface area contributed by atoms with Gasteiger partial charge in [-0.3, -0.25) is 0 Å². The van der Waals surface area contributed by atoms with E-state index < -0.39 is 0 Å². The quantitative estimate of drug-likeness (QED) is 0.804. The van der Waals surface area contributed by atoms with Gasteiger partial charge < -0.3 is 16.4 Å². The minimum Gasteiger partial charge on any atom is -0.373 e. The molecule has 0 aliphatic heterocycles. The fraction of sp³-hybridized carbons (Fsp3) is 0.0833. The van der Waals surface area contributed by atoms with Gasteiger partial charge in [0.25, 0.3) is 0 Å². The van der Waals surface area contributed by atoms with Crippen LogP contribution in [0.4, 0.5) is 23.3 Å². The molecule has 7 heteroatoms. The maximum atomic E-state index is 9.07. The Morgan fingerprint density at radius 1 is 1.26 bits per heavy atom. The number of rotatable bonds is 3. The van der Waals surface area contributed by atoms with Crippen LogP contribution in [-0.4, -0.2) is 17.0 Å². The van der Waals surface area contributed by atoms with Crippen molar-refractivity contribution in [3.8, 4) is 6.07 Å². The van der Waals surface area contributed by atoms with Crippen LogP contribution in [0.25, 0.3) is 0 Å². The van der Waals surface area contributed by atoms with Crippen LogP contribution in [0.5, 0.6) is 0 Å². The van der Waals surface area contributed by atoms with Crippen LogP contribution >= 0.6 is 15.9 Å². The van der Waals surface area contributed by atoms with E-state index in [1.807, 2.05) is 0 Å². The molecule has 19 heavy (non-hydrogen) atoms. The summed E-state index contributed by atoms with van der Waals surface area (Å²) in [6.07, 6.45) is 0. The van der Waals surface area contributed by atoms with Gasteiger partial charge in [-0.15, -0.1) is 0 Å². The minimum absolute atomic E-state index is 0.155. The van der Waals surface area contributed by atoms with Gasteiger partial charge in [-0.1, -0.05) is 15.9 Å². The average Bonchev–Trinajstić information content (AvgIpc) is 2.38. The van der Waals surface area contributed by atoms with Crippen LogP contribution < -0.4 is 16.4 Å². The highest BCUT2D eigenvalue weighted by atomic mass is 79.9. The van der Waals surface area contributed by atoms with E-state index in [2.05, 4.69) is 42.6 Å². The zero-order chi connectivity index (χ0) is 13.8. The van der Waals surface area contributed by atoms with Crippen molar-refractivity contribution < 1.29 is 0 Å². The Morgan fingerprint density at radius 2 is 2.00 bits per heavy atom. The van der Waals surface area contributed by atoms with Crippen molar-refractivity contribution in [2.75, 3.05) is 23.4 Å². The first-order valence-corrected chi connectivity index (χ1v) is 6.20. The summed E-state index contributed by atoms with van der Waals surface area (Å²) in [5.41, 5.74) is 6.78. The summed E-state index contributed by atoms with van der Waals surface area (Å²) in [6, 6.07) is 9.14. The van der Waals surface area contributed by atoms with Crippen molar-refractivity contribution in [3.63, 3.8) is 0 Å². The van der Waals surface area contributed by atoms with Crippen LogP contribution in [0.1, 0.15) is 5.56 Å². The van der Waals surface area contributed by atoms with Crippen LogP contribution in [0, 0.1) is 11.3 Å². The van der Waals surface area contributed by atoms with E-state index in [0.29, 0.717) is 22.9 Å². The van der Waals surface area contributed by atoms with Crippen molar-refractivity contribution in [3.05, 3.63) is 34.3 Å². The smallest absolute Gasteiger partial charge is 0.223 e. The third-order valence-corrected chi connectivity index (χ3v) is 2.86. The van der Waals surface area contributed by atoms with Gasteiger partial charge in [0.2, 0.25) is 5.95 Å². The van der Waals surface area contributed by atoms with Crippen molar-refractivity contribution >= 4 is 39.2 Å². The Labute approximate surface area is 118 Å². The van der Waals surface area contributed by atoms with Gasteiger partial charge in [-0.05, 0) is 18.2 Å². The summed E-state index contributed by atoms with van der Waals surface area (Å²) in [5.74, 6) is 1.28. The summed E-state index contributed by atoms with van der Waals surface area (Å²) in [5, 5.41) is 15.0. The minimum atomic E-state index is 0.155. The number of halogens is 1. The van der Waals surface area contributed by atoms with Gasteiger partial charge in [-0.25, -0.2) is 0 Å². The van der Waals surface area contributed by atoms with Crippen LogP contribution in [0.3, 0.4) is 0 Å². The normalized spacial score (nSPS) is 9.74. The molecule has 0 fully saturated rings. The van der Waals surface area contributed by atoms with E-state index >= 15 is 0 Å². The molecule has 0 amide bonds. The standard InChI is InChI=1S/C12H11BrN6/c1-16-10-5-11(19-12(15)18-10)17-9-4-8(13)3-2-7(9)6-14/h2-5H,1H3,(H4,15,16,17,18,19). The Bertz CT molecular complexity index is 649. The van der Waals surface area contributed by atoms with Gasteiger partial charge >= 0.3 is 0 Å². The molecule has 0 spiro atoms. The largest absolute Gasteiger partial charge is 0.373 e. The molecular weight excluding hydrogens is 308 g/mol. The first kappa shape index (κ1) is 13.1. The van der Waals surface area contributed by atoms with E-state index in [1.165, 1.54) is 0 Å². The number of hydrogen-bond acceptors (Lipinski definition) is 6. The van der Waals surface area contributed by atoms with Gasteiger partial charge in [0.15, 0.2) is 0 Å². The van der Waals surface area contributed by atoms with E-state index in [9.17, 15) is 0 Å². The van der Waals surface area contributed by atoms with E-state index in [0.717, 1.165) is 4.47 Å². The second-order valence-corrected chi connectivity index (χ2v) is 4.59. The summed E-state index contributed by atoms with van der Waals surface area (Å²) < 4.78 is 0.866. The number of nitrogen functional groups attached to an aromatic ring is 1. The highest BCUT2D eigenvalue weighted by Crippen LogP contribution is 2.24. The predicted molar refractivity (Wildman–Crippen MR) is 78.1 cm³/mol. The van der Waals surface area contributed by atoms with Crippen LogP contribution in [0.15, 0.2) is 28.7 Å². The van der Waals surface area contributed by atoms with Gasteiger partial charge in [-0.2, -0.15) is 15.2 Å². The van der Waals surface area contributed by atoms with Crippen LogP contribution in [0.2, 0.25) is 0 Å². The summed E-state index contributed by atoms with van der Waals surface area (Å²) in [6.45, 7) is 0. The lowest BCUT2D eigenvalue weighted by atomic mass is 10.2. The number of nitrogens with one attached hydrogen (secondary N) is 2. The van der Waals surface area contributed by atoms with Crippen molar-refractivity contribution in [1.82, 2.24) is 9.97 Å². The molecule has 1 heterocycles. The number of benzene rings is 1. The molecule has 0 saturated carbocycles. The fourth-order valence-corrected chi connectivity index (χ4v) is 1.87. The van der Waals surface area contributed by atoms with Crippen molar-refractivity contribution in [2.24, 2.45) is 0 Å². The van der Waals surface area contributed by atoms with E-state index in [1.54, 1.807) is 31.3 Å². The SMILES string of the molecule is CNc1cc(Nc2cc(Br)ccc2C#N)nc(N)n1. The number of hydrogen-bond donors (Lipinski definition) is 3. The number of anilines is 4. The highest BCUT2D eigenvalue weighted by Gasteiger charge is 2.06. The maximum Gasteiger partial charge on any atom is 0.223 e. The number of nitrogens with zero attached hydrogens (tertiary/aromatic N) is 3. The zero-order valence-electron chi connectivity index (χ0n) is 10.1. The van der Waals surface area contributed by atoms with Crippen molar-refractivity contribution in [1.29, 1.82) is 5.26 Å². The first-order valence-electron chi connectivity index (χ1n) is 5.41. The van der Waals surface area contributed by atoms with Crippen LogP contribution in [-0.2, 0) is 0 Å². The Hall–Kier alpha value is -2.33. The molecule has 1 aromatic heterocycles. The lowest BCUT2D eigenvalue weighted by Crippen LogP contribution is -2.04. The first-order chi connectivity index (χ1) is 9.12. The van der Waals surface area contributed by atoms with Crippen molar-refractivity contribution in [2.45, 2.75) is 0 Å². The lowest BCUT2D eigenvalue weighted by Gasteiger charge is -2.09. The zero-order valence-corrected chi connectivity index (χ0v) is 11.7. The fourth-order valence-electron chi connectivity index (χ4n) is 1.51. The molecule has 2 rings (SSSR count). The topological polar surface area (TPSA) is 99.6 Å². The molecule has 0 aliphatic rings. The molecule has 2 aromatic rings. The van der Waals surface area contributed by atoms with Gasteiger partial charge in [0.05, 0.1) is 11.3 Å². The Kier molecular flexibility index (Phi) is 3.82. The molecule has 0 aliphatic carbocycles. The second kappa shape index (κ2) is 5.54. The molecular formula is C12H11BrN6. The third kappa shape index (κ3) is 3.11. The predicted octanol–water partition coefficient (Wildman–Crippen LogP) is 2.48. The molecule has 0 saturated heterocycles. The van der Waals surface area contributed by atoms with Gasteiger partial charge in [0.1, 0.15) is 17.7 Å². The van der Waals surface area contributed by atoms with Gasteiger partial charge in [0, 0.05) is 17.6 Å². The molecule has 1 aromatic carbocycles. The van der Waals surface area contributed by atoms with E-state index in [-0.39, 0.29) is 5.95 Å². The Balaban J connectivity index is 2.38.